The summed E-state index contributed by atoms with van der Waals surface area (Å²) in [5, 5.41) is 5.29. The van der Waals surface area contributed by atoms with Crippen LogP contribution in [0.3, 0.4) is 0 Å². The SMILES string of the molecule is CNC(=O)c1cc(C(=O)NCCOC)cc(Cc2cccc(OC)c2)n1. The molecular formula is C19H23N3O4. The Morgan fingerprint density at radius 2 is 1.92 bits per heavy atom. The molecule has 0 bridgehead atoms. The van der Waals surface area contributed by atoms with Gasteiger partial charge in [0.1, 0.15) is 11.4 Å². The van der Waals surface area contributed by atoms with Gasteiger partial charge >= 0.3 is 0 Å². The first-order chi connectivity index (χ1) is 12.6. The molecule has 7 heteroatoms. The van der Waals surface area contributed by atoms with E-state index < -0.39 is 0 Å². The number of carbonyl (C=O) groups excluding carboxylic acids is 2. The monoisotopic (exact) mass is 357 g/mol. The van der Waals surface area contributed by atoms with Gasteiger partial charge in [0.2, 0.25) is 0 Å². The molecule has 0 saturated carbocycles. The number of hydrogen-bond acceptors (Lipinski definition) is 5. The van der Waals surface area contributed by atoms with Crippen molar-refractivity contribution in [3.05, 3.63) is 58.9 Å². The Hall–Kier alpha value is -2.93. The number of amides is 2. The zero-order chi connectivity index (χ0) is 18.9. The third kappa shape index (κ3) is 5.29. The van der Waals surface area contributed by atoms with Gasteiger partial charge in [-0.25, -0.2) is 4.98 Å². The van der Waals surface area contributed by atoms with E-state index in [-0.39, 0.29) is 17.5 Å². The Labute approximate surface area is 152 Å². The highest BCUT2D eigenvalue weighted by molar-refractivity contribution is 5.98. The molecule has 0 aliphatic carbocycles. The molecule has 1 heterocycles. The van der Waals surface area contributed by atoms with Crippen LogP contribution in [0.15, 0.2) is 36.4 Å². The summed E-state index contributed by atoms with van der Waals surface area (Å²) in [5.74, 6) is 0.118. The number of nitrogens with one attached hydrogen (secondary N) is 2. The summed E-state index contributed by atoms with van der Waals surface area (Å²) >= 11 is 0. The summed E-state index contributed by atoms with van der Waals surface area (Å²) in [4.78, 5) is 28.7. The van der Waals surface area contributed by atoms with Gasteiger partial charge in [0.25, 0.3) is 11.8 Å². The van der Waals surface area contributed by atoms with E-state index in [0.717, 1.165) is 11.3 Å². The van der Waals surface area contributed by atoms with Gasteiger partial charge in [-0.3, -0.25) is 9.59 Å². The molecule has 0 spiro atoms. The van der Waals surface area contributed by atoms with Crippen molar-refractivity contribution in [3.63, 3.8) is 0 Å². The van der Waals surface area contributed by atoms with Gasteiger partial charge in [-0.05, 0) is 29.8 Å². The second-order valence-corrected chi connectivity index (χ2v) is 5.59. The van der Waals surface area contributed by atoms with Crippen molar-refractivity contribution in [2.24, 2.45) is 0 Å². The van der Waals surface area contributed by atoms with Gasteiger partial charge in [-0.15, -0.1) is 0 Å². The summed E-state index contributed by atoms with van der Waals surface area (Å²) in [6.07, 6.45) is 0.473. The molecule has 1 aromatic heterocycles. The number of carbonyl (C=O) groups is 2. The lowest BCUT2D eigenvalue weighted by Gasteiger charge is -2.10. The van der Waals surface area contributed by atoms with E-state index in [2.05, 4.69) is 15.6 Å². The Balaban J connectivity index is 2.30. The summed E-state index contributed by atoms with van der Waals surface area (Å²) in [6, 6.07) is 10.7. The van der Waals surface area contributed by atoms with Crippen LogP contribution in [-0.2, 0) is 11.2 Å². The topological polar surface area (TPSA) is 89.6 Å². The van der Waals surface area contributed by atoms with Gasteiger partial charge in [-0.1, -0.05) is 12.1 Å². The van der Waals surface area contributed by atoms with E-state index in [0.29, 0.717) is 30.8 Å². The van der Waals surface area contributed by atoms with E-state index in [4.69, 9.17) is 9.47 Å². The minimum Gasteiger partial charge on any atom is -0.497 e. The molecule has 26 heavy (non-hydrogen) atoms. The van der Waals surface area contributed by atoms with Crippen molar-refractivity contribution in [1.82, 2.24) is 15.6 Å². The molecule has 0 radical (unpaired) electrons. The molecule has 0 fully saturated rings. The maximum atomic E-state index is 12.3. The average molecular weight is 357 g/mol. The molecular weight excluding hydrogens is 334 g/mol. The Morgan fingerprint density at radius 1 is 1.12 bits per heavy atom. The fraction of sp³-hybridized carbons (Fsp3) is 0.316. The van der Waals surface area contributed by atoms with E-state index in [9.17, 15) is 9.59 Å². The molecule has 138 valence electrons. The fourth-order valence-electron chi connectivity index (χ4n) is 2.41. The molecule has 0 unspecified atom stereocenters. The van der Waals surface area contributed by atoms with Crippen molar-refractivity contribution in [1.29, 1.82) is 0 Å². The number of ether oxygens (including phenoxy) is 2. The van der Waals surface area contributed by atoms with E-state index in [1.807, 2.05) is 24.3 Å². The van der Waals surface area contributed by atoms with Crippen LogP contribution in [0.2, 0.25) is 0 Å². The van der Waals surface area contributed by atoms with Crippen molar-refractivity contribution in [2.75, 3.05) is 34.4 Å². The standard InChI is InChI=1S/C19H23N3O4/c1-20-19(24)17-12-14(18(23)21-7-8-25-2)11-15(22-17)9-13-5-4-6-16(10-13)26-3/h4-6,10-12H,7-9H2,1-3H3,(H,20,24)(H,21,23). The fourth-order valence-corrected chi connectivity index (χ4v) is 2.41. The van der Waals surface area contributed by atoms with Crippen LogP contribution in [-0.4, -0.2) is 51.2 Å². The number of methoxy groups -OCH3 is 2. The lowest BCUT2D eigenvalue weighted by atomic mass is 10.1. The summed E-state index contributed by atoms with van der Waals surface area (Å²) in [7, 11) is 4.69. The van der Waals surface area contributed by atoms with E-state index in [1.54, 1.807) is 20.3 Å². The van der Waals surface area contributed by atoms with Crippen molar-refractivity contribution in [3.8, 4) is 5.75 Å². The van der Waals surface area contributed by atoms with Crippen LogP contribution in [0.4, 0.5) is 0 Å². The number of hydrogen-bond donors (Lipinski definition) is 2. The third-order valence-corrected chi connectivity index (χ3v) is 3.71. The molecule has 1 aromatic carbocycles. The molecule has 0 aliphatic heterocycles. The highest BCUT2D eigenvalue weighted by Gasteiger charge is 2.14. The molecule has 2 amide bonds. The van der Waals surface area contributed by atoms with Crippen LogP contribution < -0.4 is 15.4 Å². The van der Waals surface area contributed by atoms with Crippen LogP contribution in [0.5, 0.6) is 5.75 Å². The largest absolute Gasteiger partial charge is 0.497 e. The van der Waals surface area contributed by atoms with Gasteiger partial charge in [0.05, 0.1) is 13.7 Å². The highest BCUT2D eigenvalue weighted by Crippen LogP contribution is 2.17. The number of rotatable bonds is 8. The lowest BCUT2D eigenvalue weighted by molar-refractivity contribution is 0.0937. The predicted molar refractivity (Wildman–Crippen MR) is 97.6 cm³/mol. The Morgan fingerprint density at radius 3 is 2.62 bits per heavy atom. The van der Waals surface area contributed by atoms with Crippen LogP contribution in [0, 0.1) is 0 Å². The smallest absolute Gasteiger partial charge is 0.269 e. The van der Waals surface area contributed by atoms with Crippen LogP contribution >= 0.6 is 0 Å². The van der Waals surface area contributed by atoms with E-state index >= 15 is 0 Å². The maximum absolute atomic E-state index is 12.3. The Kier molecular flexibility index (Phi) is 7.11. The quantitative estimate of drug-likeness (QED) is 0.698. The van der Waals surface area contributed by atoms with Crippen LogP contribution in [0.25, 0.3) is 0 Å². The first-order valence-electron chi connectivity index (χ1n) is 8.20. The Bertz CT molecular complexity index is 777. The second kappa shape index (κ2) is 9.53. The molecule has 7 nitrogen and oxygen atoms in total. The third-order valence-electron chi connectivity index (χ3n) is 3.71. The predicted octanol–water partition coefficient (Wildman–Crippen LogP) is 1.42. The normalized spacial score (nSPS) is 10.3. The second-order valence-electron chi connectivity index (χ2n) is 5.59. The van der Waals surface area contributed by atoms with Gasteiger partial charge in [0, 0.05) is 38.4 Å². The molecule has 0 atom stereocenters. The first kappa shape index (κ1) is 19.4. The molecule has 0 aliphatic rings. The minimum atomic E-state index is -0.344. The summed E-state index contributed by atoms with van der Waals surface area (Å²) in [6.45, 7) is 0.800. The zero-order valence-electron chi connectivity index (χ0n) is 15.2. The summed E-state index contributed by atoms with van der Waals surface area (Å²) < 4.78 is 10.2. The summed E-state index contributed by atoms with van der Waals surface area (Å²) in [5.41, 5.74) is 2.17. The van der Waals surface area contributed by atoms with Gasteiger partial charge < -0.3 is 20.1 Å². The zero-order valence-corrected chi connectivity index (χ0v) is 15.2. The van der Waals surface area contributed by atoms with Crippen LogP contribution in [0.1, 0.15) is 32.1 Å². The highest BCUT2D eigenvalue weighted by atomic mass is 16.5. The average Bonchev–Trinajstić information content (AvgIpc) is 2.67. The lowest BCUT2D eigenvalue weighted by Crippen LogP contribution is -2.28. The molecule has 2 aromatic rings. The van der Waals surface area contributed by atoms with Gasteiger partial charge in [-0.2, -0.15) is 0 Å². The van der Waals surface area contributed by atoms with Crippen molar-refractivity contribution >= 4 is 11.8 Å². The number of aromatic nitrogens is 1. The maximum Gasteiger partial charge on any atom is 0.269 e. The number of benzene rings is 1. The molecule has 0 saturated heterocycles. The minimum absolute atomic E-state index is 0.199. The van der Waals surface area contributed by atoms with Crippen molar-refractivity contribution < 1.29 is 19.1 Å². The molecule has 2 N–H and O–H groups in total. The van der Waals surface area contributed by atoms with E-state index in [1.165, 1.54) is 13.1 Å². The van der Waals surface area contributed by atoms with Gasteiger partial charge in [0.15, 0.2) is 0 Å². The molecule has 2 rings (SSSR count). The van der Waals surface area contributed by atoms with Crippen molar-refractivity contribution in [2.45, 2.75) is 6.42 Å². The number of nitrogens with zero attached hydrogens (tertiary/aromatic N) is 1. The first-order valence-corrected chi connectivity index (χ1v) is 8.20. The number of pyridine rings is 1.